The molecule has 0 radical (unpaired) electrons. The molecule has 3 aliphatic heterocycles. The molecule has 0 aliphatic carbocycles. The van der Waals surface area contributed by atoms with Crippen molar-refractivity contribution in [1.29, 1.82) is 0 Å². The molecule has 3 aliphatic rings. The molecule has 0 saturated carbocycles. The van der Waals surface area contributed by atoms with Crippen LogP contribution in [0.3, 0.4) is 0 Å². The zero-order valence-corrected chi connectivity index (χ0v) is 20.8. The maximum absolute atomic E-state index is 13.1. The van der Waals surface area contributed by atoms with Crippen LogP contribution in [0, 0.1) is 11.3 Å². The van der Waals surface area contributed by atoms with E-state index < -0.39 is 11.8 Å². The summed E-state index contributed by atoms with van der Waals surface area (Å²) in [7, 11) is 2.02. The van der Waals surface area contributed by atoms with Crippen LogP contribution in [0.2, 0.25) is 0 Å². The Morgan fingerprint density at radius 1 is 1.19 bits per heavy atom. The normalized spacial score (nSPS) is 26.5. The standard InChI is InChI=1S/C24H43N3O5/c1-17(31-21-9-7-8-12-30-21)23(2,3)19-15-20(32-26-19)25-22(28)24(4,5)27(6)16-18-10-13-29-14-11-18/h17-18,20-21H,7-16H2,1-6H3,(H,25,28)/t17-,20?,21?/m0/s1. The Balaban J connectivity index is 1.49. The van der Waals surface area contributed by atoms with E-state index in [4.69, 9.17) is 19.0 Å². The monoisotopic (exact) mass is 453 g/mol. The van der Waals surface area contributed by atoms with Gasteiger partial charge in [-0.15, -0.1) is 0 Å². The predicted molar refractivity (Wildman–Crippen MR) is 123 cm³/mol. The minimum atomic E-state index is -0.644. The molecular formula is C24H43N3O5. The maximum atomic E-state index is 13.1. The van der Waals surface area contributed by atoms with Crippen molar-refractivity contribution in [2.75, 3.05) is 33.4 Å². The summed E-state index contributed by atoms with van der Waals surface area (Å²) in [5.41, 5.74) is -0.0657. The SMILES string of the molecule is C[C@H](OC1CCCCO1)C(C)(C)C1=NOC(NC(=O)C(C)(C)N(C)CC2CCOCC2)C1. The lowest BCUT2D eigenvalue weighted by atomic mass is 9.80. The number of oxime groups is 1. The van der Waals surface area contributed by atoms with Gasteiger partial charge < -0.3 is 24.4 Å². The second kappa shape index (κ2) is 10.8. The number of rotatable bonds is 9. The zero-order chi connectivity index (χ0) is 23.4. The molecule has 3 atom stereocenters. The fourth-order valence-corrected chi connectivity index (χ4v) is 4.33. The van der Waals surface area contributed by atoms with Gasteiger partial charge in [-0.2, -0.15) is 0 Å². The van der Waals surface area contributed by atoms with Gasteiger partial charge in [0, 0.05) is 38.2 Å². The third kappa shape index (κ3) is 6.22. The molecule has 2 saturated heterocycles. The number of nitrogens with one attached hydrogen (secondary N) is 1. The van der Waals surface area contributed by atoms with E-state index in [2.05, 4.69) is 36.1 Å². The summed E-state index contributed by atoms with van der Waals surface area (Å²) >= 11 is 0. The molecule has 3 rings (SSSR count). The molecule has 8 heteroatoms. The van der Waals surface area contributed by atoms with Gasteiger partial charge in [-0.05, 0) is 65.8 Å². The third-order valence-electron chi connectivity index (χ3n) is 7.60. The van der Waals surface area contributed by atoms with E-state index in [1.54, 1.807) is 0 Å². The van der Waals surface area contributed by atoms with Gasteiger partial charge in [0.05, 0.1) is 17.4 Å². The fourth-order valence-electron chi connectivity index (χ4n) is 4.33. The molecule has 0 aromatic rings. The van der Waals surface area contributed by atoms with Gasteiger partial charge in [-0.1, -0.05) is 19.0 Å². The van der Waals surface area contributed by atoms with Gasteiger partial charge >= 0.3 is 0 Å². The lowest BCUT2D eigenvalue weighted by Gasteiger charge is -2.38. The first kappa shape index (κ1) is 25.4. The molecule has 1 N–H and O–H groups in total. The quantitative estimate of drug-likeness (QED) is 0.577. The summed E-state index contributed by atoms with van der Waals surface area (Å²) in [5, 5.41) is 7.38. The molecule has 3 heterocycles. The third-order valence-corrected chi connectivity index (χ3v) is 7.60. The second-order valence-corrected chi connectivity index (χ2v) is 10.6. The molecule has 184 valence electrons. The van der Waals surface area contributed by atoms with Crippen molar-refractivity contribution >= 4 is 11.6 Å². The van der Waals surface area contributed by atoms with E-state index in [1.165, 1.54) is 0 Å². The van der Waals surface area contributed by atoms with E-state index in [0.29, 0.717) is 12.3 Å². The van der Waals surface area contributed by atoms with E-state index in [0.717, 1.165) is 64.2 Å². The average molecular weight is 454 g/mol. The second-order valence-electron chi connectivity index (χ2n) is 10.6. The summed E-state index contributed by atoms with van der Waals surface area (Å²) in [4.78, 5) is 20.9. The summed E-state index contributed by atoms with van der Waals surface area (Å²) in [6.45, 7) is 13.5. The van der Waals surface area contributed by atoms with Crippen molar-refractivity contribution in [3.8, 4) is 0 Å². The molecule has 8 nitrogen and oxygen atoms in total. The fraction of sp³-hybridized carbons (Fsp3) is 0.917. The molecule has 0 aromatic heterocycles. The number of hydrogen-bond acceptors (Lipinski definition) is 7. The summed E-state index contributed by atoms with van der Waals surface area (Å²) < 4.78 is 17.4. The molecule has 2 fully saturated rings. The Labute approximate surface area is 193 Å². The first-order valence-electron chi connectivity index (χ1n) is 12.2. The lowest BCUT2D eigenvalue weighted by Crippen LogP contribution is -2.56. The van der Waals surface area contributed by atoms with Gasteiger partial charge in [0.15, 0.2) is 6.29 Å². The zero-order valence-electron chi connectivity index (χ0n) is 20.8. The van der Waals surface area contributed by atoms with Crippen LogP contribution < -0.4 is 5.32 Å². The predicted octanol–water partition coefficient (Wildman–Crippen LogP) is 3.30. The Morgan fingerprint density at radius 3 is 2.56 bits per heavy atom. The van der Waals surface area contributed by atoms with Gasteiger partial charge in [-0.3, -0.25) is 9.69 Å². The van der Waals surface area contributed by atoms with Crippen LogP contribution in [0.25, 0.3) is 0 Å². The van der Waals surface area contributed by atoms with Crippen molar-refractivity contribution in [3.63, 3.8) is 0 Å². The number of hydrogen-bond donors (Lipinski definition) is 1. The Morgan fingerprint density at radius 2 is 1.91 bits per heavy atom. The smallest absolute Gasteiger partial charge is 0.242 e. The van der Waals surface area contributed by atoms with Crippen molar-refractivity contribution in [1.82, 2.24) is 10.2 Å². The molecule has 32 heavy (non-hydrogen) atoms. The van der Waals surface area contributed by atoms with Crippen LogP contribution in [-0.4, -0.2) is 74.1 Å². The van der Waals surface area contributed by atoms with Crippen LogP contribution in [0.1, 0.15) is 73.1 Å². The Hall–Kier alpha value is -1.22. The number of nitrogens with zero attached hydrogens (tertiary/aromatic N) is 2. The summed E-state index contributed by atoms with van der Waals surface area (Å²) in [6, 6.07) is 0. The molecule has 0 bridgehead atoms. The summed E-state index contributed by atoms with van der Waals surface area (Å²) in [6.07, 6.45) is 5.13. The van der Waals surface area contributed by atoms with Gasteiger partial charge in [0.1, 0.15) is 0 Å². The average Bonchev–Trinajstić information content (AvgIpc) is 3.24. The number of carbonyl (C=O) groups is 1. The Bertz CT molecular complexity index is 654. The van der Waals surface area contributed by atoms with Crippen LogP contribution in [-0.2, 0) is 23.8 Å². The van der Waals surface area contributed by atoms with Crippen molar-refractivity contribution in [3.05, 3.63) is 0 Å². The van der Waals surface area contributed by atoms with Crippen LogP contribution in [0.4, 0.5) is 0 Å². The van der Waals surface area contributed by atoms with Crippen molar-refractivity contribution < 1.29 is 23.8 Å². The topological polar surface area (TPSA) is 81.6 Å². The van der Waals surface area contributed by atoms with Crippen LogP contribution in [0.15, 0.2) is 5.16 Å². The maximum Gasteiger partial charge on any atom is 0.242 e. The lowest BCUT2D eigenvalue weighted by molar-refractivity contribution is -0.197. The molecule has 0 aromatic carbocycles. The number of carbonyl (C=O) groups excluding carboxylic acids is 1. The highest BCUT2D eigenvalue weighted by Crippen LogP contribution is 2.33. The molecule has 2 unspecified atom stereocenters. The van der Waals surface area contributed by atoms with Crippen LogP contribution >= 0.6 is 0 Å². The van der Waals surface area contributed by atoms with Gasteiger partial charge in [0.25, 0.3) is 0 Å². The number of amides is 1. The van der Waals surface area contributed by atoms with E-state index in [1.807, 2.05) is 20.9 Å². The highest BCUT2D eigenvalue weighted by molar-refractivity contribution is 5.92. The Kier molecular flexibility index (Phi) is 8.58. The largest absolute Gasteiger partial charge is 0.381 e. The first-order chi connectivity index (χ1) is 15.1. The molecule has 1 amide bonds. The van der Waals surface area contributed by atoms with Gasteiger partial charge in [0.2, 0.25) is 12.1 Å². The van der Waals surface area contributed by atoms with E-state index in [9.17, 15) is 4.79 Å². The van der Waals surface area contributed by atoms with E-state index >= 15 is 0 Å². The molecule has 0 spiro atoms. The first-order valence-corrected chi connectivity index (χ1v) is 12.2. The van der Waals surface area contributed by atoms with E-state index in [-0.39, 0.29) is 23.7 Å². The number of likely N-dealkylation sites (N-methyl/N-ethyl adjacent to an activating group) is 1. The van der Waals surface area contributed by atoms with Crippen molar-refractivity contribution in [2.45, 2.75) is 97.3 Å². The minimum Gasteiger partial charge on any atom is -0.381 e. The summed E-state index contributed by atoms with van der Waals surface area (Å²) in [5.74, 6) is 0.514. The minimum absolute atomic E-state index is 0.0498. The van der Waals surface area contributed by atoms with Gasteiger partial charge in [-0.25, -0.2) is 0 Å². The highest BCUT2D eigenvalue weighted by atomic mass is 16.7. The number of ether oxygens (including phenoxy) is 3. The molecular weight excluding hydrogens is 410 g/mol. The van der Waals surface area contributed by atoms with Crippen LogP contribution in [0.5, 0.6) is 0 Å². The highest BCUT2D eigenvalue weighted by Gasteiger charge is 2.41. The van der Waals surface area contributed by atoms with Crippen molar-refractivity contribution in [2.24, 2.45) is 16.5 Å².